The lowest BCUT2D eigenvalue weighted by Gasteiger charge is -2.43. The summed E-state index contributed by atoms with van der Waals surface area (Å²) < 4.78 is 59.0. The fourth-order valence-electron chi connectivity index (χ4n) is 4.23. The average molecular weight is 540 g/mol. The highest BCUT2D eigenvalue weighted by atomic mass is 19.2. The molecule has 0 aliphatic carbocycles. The van der Waals surface area contributed by atoms with Gasteiger partial charge in [-0.15, -0.1) is 5.10 Å². The van der Waals surface area contributed by atoms with E-state index in [4.69, 9.17) is 14.0 Å². The van der Waals surface area contributed by atoms with Gasteiger partial charge in [0.25, 0.3) is 0 Å². The van der Waals surface area contributed by atoms with Crippen LogP contribution in [-0.4, -0.2) is 79.1 Å². The fraction of sp³-hybridized carbons (Fsp3) is 0.500. The second-order valence-electron chi connectivity index (χ2n) is 10.0. The second-order valence-corrected chi connectivity index (χ2v) is 10.0. The number of hydrogen-bond donors (Lipinski definition) is 3. The van der Waals surface area contributed by atoms with Gasteiger partial charge in [-0.3, -0.25) is 0 Å². The van der Waals surface area contributed by atoms with Crippen LogP contribution < -0.4 is 0 Å². The van der Waals surface area contributed by atoms with Crippen LogP contribution in [0, 0.1) is 17.5 Å². The molecule has 3 heterocycles. The highest BCUT2D eigenvalue weighted by Gasteiger charge is 2.48. The third kappa shape index (κ3) is 5.72. The number of rotatable bonds is 8. The van der Waals surface area contributed by atoms with Gasteiger partial charge in [0.1, 0.15) is 42.4 Å². The molecule has 1 aliphatic heterocycles. The number of ether oxygens (including phenoxy) is 2. The lowest BCUT2D eigenvalue weighted by atomic mass is 9.89. The topological polar surface area (TPSA) is 153 Å². The van der Waals surface area contributed by atoms with E-state index in [2.05, 4.69) is 15.5 Å². The quantitative estimate of drug-likeness (QED) is 0.362. The zero-order chi connectivity index (χ0) is 27.8. The van der Waals surface area contributed by atoms with E-state index in [1.54, 1.807) is 6.07 Å². The highest BCUT2D eigenvalue weighted by Crippen LogP contribution is 2.35. The molecule has 0 saturated carbocycles. The van der Waals surface area contributed by atoms with Gasteiger partial charge in [0, 0.05) is 23.5 Å². The molecule has 4 rings (SSSR count). The number of carboxylic acid groups (broad SMARTS) is 1. The Hall–Kier alpha value is -3.33. The number of aliphatic hydroxyl groups is 2. The van der Waals surface area contributed by atoms with Crippen LogP contribution in [0.25, 0.3) is 11.3 Å². The first-order valence-corrected chi connectivity index (χ1v) is 11.7. The summed E-state index contributed by atoms with van der Waals surface area (Å²) in [6, 6.07) is 2.05. The Bertz CT molecular complexity index is 1270. The number of hydrogen-bond acceptors (Lipinski definition) is 9. The van der Waals surface area contributed by atoms with Crippen molar-refractivity contribution in [3.8, 4) is 11.3 Å². The van der Waals surface area contributed by atoms with Gasteiger partial charge in [0.05, 0.1) is 24.6 Å². The summed E-state index contributed by atoms with van der Waals surface area (Å²) >= 11 is 0. The van der Waals surface area contributed by atoms with E-state index in [-0.39, 0.29) is 23.1 Å². The lowest BCUT2D eigenvalue weighted by Crippen LogP contribution is -2.57. The number of carbonyl (C=O) groups is 1. The molecule has 2 aromatic heterocycles. The molecule has 11 nitrogen and oxygen atoms in total. The summed E-state index contributed by atoms with van der Waals surface area (Å²) in [6.45, 7) is 4.48. The second kappa shape index (κ2) is 10.8. The number of benzene rings is 1. The van der Waals surface area contributed by atoms with Crippen molar-refractivity contribution >= 4 is 5.97 Å². The Kier molecular flexibility index (Phi) is 7.88. The van der Waals surface area contributed by atoms with E-state index < -0.39 is 67.1 Å². The molecule has 1 saturated heterocycles. The Morgan fingerprint density at radius 2 is 1.84 bits per heavy atom. The number of aliphatic hydroxyl groups excluding tert-OH is 2. The smallest absolute Gasteiger partial charge is 0.329 e. The predicted octanol–water partition coefficient (Wildman–Crippen LogP) is 2.02. The molecule has 206 valence electrons. The van der Waals surface area contributed by atoms with Gasteiger partial charge in [-0.2, -0.15) is 0 Å². The number of aromatic nitrogens is 4. The third-order valence-electron chi connectivity index (χ3n) is 6.19. The summed E-state index contributed by atoms with van der Waals surface area (Å²) in [5.74, 6) is -5.38. The normalized spacial score (nSPS) is 24.1. The van der Waals surface area contributed by atoms with Gasteiger partial charge in [-0.25, -0.2) is 22.6 Å². The number of nitrogens with zero attached hydrogens (tertiary/aromatic N) is 4. The van der Waals surface area contributed by atoms with Crippen LogP contribution in [0.5, 0.6) is 0 Å². The van der Waals surface area contributed by atoms with Gasteiger partial charge in [-0.05, 0) is 12.1 Å². The van der Waals surface area contributed by atoms with Gasteiger partial charge >= 0.3 is 5.97 Å². The monoisotopic (exact) mass is 540 g/mol. The molecule has 38 heavy (non-hydrogen) atoms. The number of halogens is 3. The van der Waals surface area contributed by atoms with Crippen LogP contribution in [0.3, 0.4) is 0 Å². The van der Waals surface area contributed by atoms with Crippen molar-refractivity contribution in [2.75, 3.05) is 13.2 Å². The molecule has 0 unspecified atom stereocenters. The number of aliphatic carboxylic acids is 1. The summed E-state index contributed by atoms with van der Waals surface area (Å²) in [4.78, 5) is 11.3. The largest absolute Gasteiger partial charge is 0.480 e. The van der Waals surface area contributed by atoms with E-state index in [1.165, 1.54) is 6.20 Å². The molecule has 5 atom stereocenters. The molecule has 3 N–H and O–H groups in total. The molecule has 1 aliphatic rings. The van der Waals surface area contributed by atoms with E-state index in [9.17, 15) is 33.3 Å². The zero-order valence-electron chi connectivity index (χ0n) is 20.7. The first-order chi connectivity index (χ1) is 17.9. The highest BCUT2D eigenvalue weighted by molar-refractivity contribution is 5.68. The van der Waals surface area contributed by atoms with Crippen molar-refractivity contribution in [2.45, 2.75) is 63.1 Å². The molecule has 0 amide bonds. The minimum atomic E-state index is -1.64. The van der Waals surface area contributed by atoms with Crippen LogP contribution >= 0.6 is 0 Å². The fourth-order valence-corrected chi connectivity index (χ4v) is 4.23. The maximum absolute atomic E-state index is 13.8. The van der Waals surface area contributed by atoms with E-state index in [1.807, 2.05) is 20.8 Å². The Labute approximate surface area is 214 Å². The average Bonchev–Trinajstić information content (AvgIpc) is 3.52. The van der Waals surface area contributed by atoms with Crippen molar-refractivity contribution in [3.05, 3.63) is 53.3 Å². The summed E-state index contributed by atoms with van der Waals surface area (Å²) in [5.41, 5.74) is 0.183. The molecule has 1 fully saturated rings. The van der Waals surface area contributed by atoms with Gasteiger partial charge in [0.2, 0.25) is 0 Å². The molecule has 0 radical (unpaired) electrons. The van der Waals surface area contributed by atoms with Crippen LogP contribution in [0.2, 0.25) is 0 Å². The minimum absolute atomic E-state index is 0.0447. The molecular formula is C24H27F3N4O7. The Morgan fingerprint density at radius 3 is 2.42 bits per heavy atom. The maximum atomic E-state index is 13.8. The van der Waals surface area contributed by atoms with Crippen molar-refractivity contribution < 1.29 is 47.3 Å². The van der Waals surface area contributed by atoms with Crippen LogP contribution in [0.15, 0.2) is 28.9 Å². The summed E-state index contributed by atoms with van der Waals surface area (Å²) in [7, 11) is 0. The molecule has 3 aromatic rings. The summed E-state index contributed by atoms with van der Waals surface area (Å²) in [6.07, 6.45) is -3.39. The van der Waals surface area contributed by atoms with Crippen molar-refractivity contribution in [1.82, 2.24) is 20.2 Å². The molecule has 0 bridgehead atoms. The first-order valence-electron chi connectivity index (χ1n) is 11.7. The summed E-state index contributed by atoms with van der Waals surface area (Å²) in [5, 5.41) is 42.0. The number of carboxylic acids is 1. The van der Waals surface area contributed by atoms with E-state index in [0.29, 0.717) is 11.5 Å². The molecular weight excluding hydrogens is 513 g/mol. The first kappa shape index (κ1) is 27.7. The van der Waals surface area contributed by atoms with Crippen molar-refractivity contribution in [3.63, 3.8) is 0 Å². The van der Waals surface area contributed by atoms with Gasteiger partial charge in [0.15, 0.2) is 17.5 Å². The predicted molar refractivity (Wildman–Crippen MR) is 122 cm³/mol. The SMILES string of the molecule is CC(C)(C)c1cc(C[C@H]2O[C@H](CO)[C@H](O)[C@H](n3cc(-c4cc(F)c(F)c(F)c4)nn3)[C@H]2OCC(=O)O)on1. The lowest BCUT2D eigenvalue weighted by molar-refractivity contribution is -0.220. The standard InChI is InChI=1S/C24H27F3N4O7/c1-24(2,3)18-7-12(38-29-18)6-16-23(36-10-19(33)34)21(22(35)17(9-32)37-16)31-8-15(28-30-31)11-4-13(25)20(27)14(26)5-11/h4-5,7-8,16-17,21-23,32,35H,6,9-10H2,1-3H3,(H,33,34)/t16-,17-,21+,22+,23+/m1/s1. The van der Waals surface area contributed by atoms with E-state index >= 15 is 0 Å². The molecule has 1 aromatic carbocycles. The van der Waals surface area contributed by atoms with Gasteiger partial charge in [-0.1, -0.05) is 31.1 Å². The maximum Gasteiger partial charge on any atom is 0.329 e. The Morgan fingerprint density at radius 1 is 1.16 bits per heavy atom. The zero-order valence-corrected chi connectivity index (χ0v) is 20.7. The van der Waals surface area contributed by atoms with Crippen LogP contribution in [0.1, 0.15) is 38.3 Å². The van der Waals surface area contributed by atoms with E-state index in [0.717, 1.165) is 16.8 Å². The Balaban J connectivity index is 1.70. The minimum Gasteiger partial charge on any atom is -0.480 e. The van der Waals surface area contributed by atoms with Gasteiger partial charge < -0.3 is 29.3 Å². The molecule has 0 spiro atoms. The third-order valence-corrected chi connectivity index (χ3v) is 6.19. The van der Waals surface area contributed by atoms with Crippen molar-refractivity contribution in [1.29, 1.82) is 0 Å². The van der Waals surface area contributed by atoms with Crippen molar-refractivity contribution in [2.24, 2.45) is 0 Å². The molecule has 14 heteroatoms. The van der Waals surface area contributed by atoms with Crippen LogP contribution in [0.4, 0.5) is 13.2 Å². The van der Waals surface area contributed by atoms with Crippen LogP contribution in [-0.2, 0) is 26.1 Å².